The van der Waals surface area contributed by atoms with Crippen LogP contribution in [0.1, 0.15) is 19.3 Å². The molecule has 1 aromatic heterocycles. The van der Waals surface area contributed by atoms with Gasteiger partial charge in [-0.1, -0.05) is 6.42 Å². The second kappa shape index (κ2) is 5.86. The fourth-order valence-corrected chi connectivity index (χ4v) is 2.12. The monoisotopic (exact) mass is 265 g/mol. The number of unbranched alkanes of at least 4 members (excludes halogenated alkanes) is 2. The van der Waals surface area contributed by atoms with Crippen molar-refractivity contribution in [3.05, 3.63) is 34.5 Å². The van der Waals surface area contributed by atoms with Crippen molar-refractivity contribution in [2.24, 2.45) is 0 Å². The van der Waals surface area contributed by atoms with Gasteiger partial charge < -0.3 is 0 Å². The molecule has 18 heavy (non-hydrogen) atoms. The Balaban J connectivity index is 2.17. The molecule has 0 fully saturated rings. The van der Waals surface area contributed by atoms with Crippen molar-refractivity contribution in [1.29, 1.82) is 0 Å². The highest BCUT2D eigenvalue weighted by atomic mass is 32.1. The molecule has 96 valence electrons. The molecule has 5 nitrogen and oxygen atoms in total. The SMILES string of the molecule is O=[N+]([O-])c1ccc2cnn(CCCCCS)c2c1. The van der Waals surface area contributed by atoms with Crippen LogP contribution in [0.2, 0.25) is 0 Å². The summed E-state index contributed by atoms with van der Waals surface area (Å²) >= 11 is 4.17. The Morgan fingerprint density at radius 1 is 1.33 bits per heavy atom. The lowest BCUT2D eigenvalue weighted by atomic mass is 10.2. The maximum absolute atomic E-state index is 10.7. The van der Waals surface area contributed by atoms with Gasteiger partial charge in [0.1, 0.15) is 0 Å². The van der Waals surface area contributed by atoms with Gasteiger partial charge >= 0.3 is 0 Å². The minimum absolute atomic E-state index is 0.111. The molecule has 0 bridgehead atoms. The molecule has 0 aliphatic heterocycles. The fraction of sp³-hybridized carbons (Fsp3) is 0.417. The highest BCUT2D eigenvalue weighted by Gasteiger charge is 2.09. The third-order valence-electron chi connectivity index (χ3n) is 2.87. The van der Waals surface area contributed by atoms with Crippen molar-refractivity contribution in [3.63, 3.8) is 0 Å². The minimum Gasteiger partial charge on any atom is -0.265 e. The van der Waals surface area contributed by atoms with Crippen LogP contribution in [-0.2, 0) is 6.54 Å². The molecular weight excluding hydrogens is 250 g/mol. The van der Waals surface area contributed by atoms with Crippen molar-refractivity contribution in [2.45, 2.75) is 25.8 Å². The fourth-order valence-electron chi connectivity index (χ4n) is 1.90. The van der Waals surface area contributed by atoms with Crippen LogP contribution in [0.25, 0.3) is 10.9 Å². The first-order valence-electron chi connectivity index (χ1n) is 5.93. The van der Waals surface area contributed by atoms with Crippen molar-refractivity contribution in [3.8, 4) is 0 Å². The highest BCUT2D eigenvalue weighted by molar-refractivity contribution is 7.80. The van der Waals surface area contributed by atoms with Gasteiger partial charge in [-0.05, 0) is 24.7 Å². The summed E-state index contributed by atoms with van der Waals surface area (Å²) in [5.41, 5.74) is 0.940. The molecule has 0 radical (unpaired) electrons. The molecule has 0 amide bonds. The summed E-state index contributed by atoms with van der Waals surface area (Å²) in [6.07, 6.45) is 4.94. The van der Waals surface area contributed by atoms with Gasteiger partial charge in [-0.15, -0.1) is 0 Å². The van der Waals surface area contributed by atoms with Crippen LogP contribution in [0.5, 0.6) is 0 Å². The number of nitrogens with zero attached hydrogens (tertiary/aromatic N) is 3. The van der Waals surface area contributed by atoms with Crippen molar-refractivity contribution >= 4 is 29.2 Å². The molecular formula is C12H15N3O2S. The van der Waals surface area contributed by atoms with Gasteiger partial charge in [-0.2, -0.15) is 17.7 Å². The van der Waals surface area contributed by atoms with E-state index in [-0.39, 0.29) is 10.6 Å². The zero-order chi connectivity index (χ0) is 13.0. The van der Waals surface area contributed by atoms with Gasteiger partial charge in [-0.25, -0.2) is 0 Å². The lowest BCUT2D eigenvalue weighted by molar-refractivity contribution is -0.384. The van der Waals surface area contributed by atoms with E-state index in [0.717, 1.165) is 42.5 Å². The molecule has 0 saturated carbocycles. The van der Waals surface area contributed by atoms with Crippen molar-refractivity contribution in [1.82, 2.24) is 9.78 Å². The quantitative estimate of drug-likeness (QED) is 0.378. The Morgan fingerprint density at radius 3 is 2.89 bits per heavy atom. The number of non-ortho nitro benzene ring substituents is 1. The van der Waals surface area contributed by atoms with E-state index in [9.17, 15) is 10.1 Å². The summed E-state index contributed by atoms with van der Waals surface area (Å²) in [6, 6.07) is 4.83. The minimum atomic E-state index is -0.377. The number of hydrogen-bond acceptors (Lipinski definition) is 4. The third kappa shape index (κ3) is 2.81. The molecule has 1 aromatic carbocycles. The van der Waals surface area contributed by atoms with E-state index >= 15 is 0 Å². The largest absolute Gasteiger partial charge is 0.271 e. The van der Waals surface area contributed by atoms with E-state index in [1.165, 1.54) is 6.07 Å². The molecule has 0 spiro atoms. The zero-order valence-corrected chi connectivity index (χ0v) is 10.8. The smallest absolute Gasteiger partial charge is 0.265 e. The van der Waals surface area contributed by atoms with Crippen LogP contribution < -0.4 is 0 Å². The summed E-state index contributed by atoms with van der Waals surface area (Å²) in [5.74, 6) is 0.894. The topological polar surface area (TPSA) is 61.0 Å². The third-order valence-corrected chi connectivity index (χ3v) is 3.18. The standard InChI is InChI=1S/C12H15N3O2S/c16-15(17)11-5-4-10-9-13-14(12(10)8-11)6-2-1-3-7-18/h4-5,8-9,18H,1-3,6-7H2. The first-order chi connectivity index (χ1) is 8.72. The van der Waals surface area contributed by atoms with E-state index < -0.39 is 0 Å². The summed E-state index contributed by atoms with van der Waals surface area (Å²) in [4.78, 5) is 10.4. The van der Waals surface area contributed by atoms with E-state index in [1.54, 1.807) is 18.3 Å². The summed E-state index contributed by atoms with van der Waals surface area (Å²) in [7, 11) is 0. The van der Waals surface area contributed by atoms with Crippen molar-refractivity contribution < 1.29 is 4.92 Å². The van der Waals surface area contributed by atoms with E-state index in [1.807, 2.05) is 4.68 Å². The normalized spacial score (nSPS) is 10.9. The first-order valence-corrected chi connectivity index (χ1v) is 6.56. The van der Waals surface area contributed by atoms with E-state index in [0.29, 0.717) is 0 Å². The molecule has 0 atom stereocenters. The average molecular weight is 265 g/mol. The molecule has 2 rings (SSSR count). The van der Waals surface area contributed by atoms with Gasteiger partial charge in [0, 0.05) is 24.1 Å². The summed E-state index contributed by atoms with van der Waals surface area (Å²) < 4.78 is 1.83. The molecule has 1 heterocycles. The van der Waals surface area contributed by atoms with Gasteiger partial charge in [0.15, 0.2) is 0 Å². The van der Waals surface area contributed by atoms with Gasteiger partial charge in [0.2, 0.25) is 0 Å². The number of aryl methyl sites for hydroxylation is 1. The maximum Gasteiger partial charge on any atom is 0.271 e. The Kier molecular flexibility index (Phi) is 4.19. The summed E-state index contributed by atoms with van der Waals surface area (Å²) in [5, 5.41) is 16.0. The van der Waals surface area contributed by atoms with Crippen LogP contribution in [0.15, 0.2) is 24.4 Å². The molecule has 0 saturated heterocycles. The van der Waals surface area contributed by atoms with Crippen molar-refractivity contribution in [2.75, 3.05) is 5.75 Å². The highest BCUT2D eigenvalue weighted by Crippen LogP contribution is 2.20. The number of benzene rings is 1. The lowest BCUT2D eigenvalue weighted by Gasteiger charge is -2.03. The average Bonchev–Trinajstić information content (AvgIpc) is 2.77. The summed E-state index contributed by atoms with van der Waals surface area (Å²) in [6.45, 7) is 0.790. The predicted molar refractivity (Wildman–Crippen MR) is 74.1 cm³/mol. The first kappa shape index (κ1) is 12.9. The number of aromatic nitrogens is 2. The molecule has 6 heteroatoms. The van der Waals surface area contributed by atoms with E-state index in [2.05, 4.69) is 17.7 Å². The van der Waals surface area contributed by atoms with E-state index in [4.69, 9.17) is 0 Å². The number of hydrogen-bond donors (Lipinski definition) is 1. The Labute approximate surface area is 110 Å². The molecule has 0 aliphatic rings. The Morgan fingerprint density at radius 2 is 2.17 bits per heavy atom. The molecule has 0 unspecified atom stereocenters. The maximum atomic E-state index is 10.7. The number of thiol groups is 1. The second-order valence-corrected chi connectivity index (χ2v) is 4.60. The van der Waals surface area contributed by atoms with Crippen LogP contribution >= 0.6 is 12.6 Å². The molecule has 0 aliphatic carbocycles. The number of rotatable bonds is 6. The number of nitro benzene ring substituents is 1. The van der Waals surface area contributed by atoms with Gasteiger partial charge in [0.05, 0.1) is 16.6 Å². The van der Waals surface area contributed by atoms with Crippen LogP contribution in [0.3, 0.4) is 0 Å². The Bertz CT molecular complexity index is 553. The lowest BCUT2D eigenvalue weighted by Crippen LogP contribution is -2.00. The van der Waals surface area contributed by atoms with Crippen LogP contribution in [0, 0.1) is 10.1 Å². The number of fused-ring (bicyclic) bond motifs is 1. The molecule has 2 aromatic rings. The predicted octanol–water partition coefficient (Wildman–Crippen LogP) is 3.04. The molecule has 0 N–H and O–H groups in total. The number of nitro groups is 1. The van der Waals surface area contributed by atoms with Crippen LogP contribution in [0.4, 0.5) is 5.69 Å². The Hall–Kier alpha value is -1.56. The van der Waals surface area contributed by atoms with Gasteiger partial charge in [-0.3, -0.25) is 14.8 Å². The van der Waals surface area contributed by atoms with Gasteiger partial charge in [0.25, 0.3) is 5.69 Å². The second-order valence-electron chi connectivity index (χ2n) is 4.15. The van der Waals surface area contributed by atoms with Crippen LogP contribution in [-0.4, -0.2) is 20.5 Å². The zero-order valence-electron chi connectivity index (χ0n) is 9.95.